The van der Waals surface area contributed by atoms with Crippen molar-refractivity contribution >= 4 is 34.4 Å². The molecule has 0 fully saturated rings. The molecule has 0 unspecified atom stereocenters. The Morgan fingerprint density at radius 1 is 1.09 bits per heavy atom. The molecule has 2 N–H and O–H groups in total. The lowest BCUT2D eigenvalue weighted by Crippen LogP contribution is -2.44. The predicted molar refractivity (Wildman–Crippen MR) is 96.2 cm³/mol. The number of aryl methyl sites for hydroxylation is 2. The molecule has 0 heterocycles. The minimum absolute atomic E-state index is 0.172. The van der Waals surface area contributed by atoms with Gasteiger partial charge in [0.25, 0.3) is 11.8 Å². The molecule has 2 amide bonds. The summed E-state index contributed by atoms with van der Waals surface area (Å²) in [5, 5.41) is 0. The molecule has 2 aromatic carbocycles. The van der Waals surface area contributed by atoms with Gasteiger partial charge in [-0.15, -0.1) is 0 Å². The van der Waals surface area contributed by atoms with Crippen molar-refractivity contribution in [3.8, 4) is 5.75 Å². The van der Waals surface area contributed by atoms with Crippen LogP contribution in [-0.4, -0.2) is 18.4 Å². The third-order valence-corrected chi connectivity index (χ3v) is 4.54. The quantitative estimate of drug-likeness (QED) is 0.586. The van der Waals surface area contributed by atoms with Crippen molar-refractivity contribution in [1.82, 2.24) is 10.9 Å². The second-order valence-electron chi connectivity index (χ2n) is 5.04. The zero-order chi connectivity index (χ0) is 16.8. The average molecular weight is 424 g/mol. The standard InChI is InChI=1S/C17H17IN2O3/c1-11-5-3-7-13(9-11)23-10-15(21)19-20-17(22)14-8-4-6-12(2)16(14)18/h3-9H,10H2,1-2H3,(H,19,21)(H,20,22). The van der Waals surface area contributed by atoms with E-state index in [2.05, 4.69) is 33.4 Å². The maximum absolute atomic E-state index is 12.1. The van der Waals surface area contributed by atoms with Gasteiger partial charge in [0.1, 0.15) is 5.75 Å². The van der Waals surface area contributed by atoms with Crippen molar-refractivity contribution < 1.29 is 14.3 Å². The van der Waals surface area contributed by atoms with Crippen molar-refractivity contribution in [2.24, 2.45) is 0 Å². The molecule has 0 aromatic heterocycles. The van der Waals surface area contributed by atoms with E-state index >= 15 is 0 Å². The van der Waals surface area contributed by atoms with Crippen LogP contribution in [0.2, 0.25) is 0 Å². The van der Waals surface area contributed by atoms with Crippen LogP contribution in [0.5, 0.6) is 5.75 Å². The van der Waals surface area contributed by atoms with E-state index in [1.165, 1.54) is 0 Å². The predicted octanol–water partition coefficient (Wildman–Crippen LogP) is 2.75. The molecule has 0 bridgehead atoms. The van der Waals surface area contributed by atoms with Crippen LogP contribution in [0.25, 0.3) is 0 Å². The van der Waals surface area contributed by atoms with Gasteiger partial charge in [-0.3, -0.25) is 20.4 Å². The summed E-state index contributed by atoms with van der Waals surface area (Å²) >= 11 is 2.11. The number of hydrogen-bond acceptors (Lipinski definition) is 3. The van der Waals surface area contributed by atoms with Gasteiger partial charge in [-0.2, -0.15) is 0 Å². The molecule has 0 aliphatic rings. The highest BCUT2D eigenvalue weighted by Crippen LogP contribution is 2.16. The van der Waals surface area contributed by atoms with Crippen LogP contribution in [-0.2, 0) is 4.79 Å². The van der Waals surface area contributed by atoms with Gasteiger partial charge in [-0.05, 0) is 65.8 Å². The minimum atomic E-state index is -0.428. The molecule has 2 aromatic rings. The van der Waals surface area contributed by atoms with Crippen LogP contribution in [0.1, 0.15) is 21.5 Å². The fourth-order valence-electron chi connectivity index (χ4n) is 1.91. The number of amides is 2. The second kappa shape index (κ2) is 7.96. The molecule has 0 atom stereocenters. The summed E-state index contributed by atoms with van der Waals surface area (Å²) in [6, 6.07) is 12.8. The first-order valence-electron chi connectivity index (χ1n) is 7.01. The highest BCUT2D eigenvalue weighted by molar-refractivity contribution is 14.1. The number of hydrogen-bond donors (Lipinski definition) is 2. The molecule has 2 rings (SSSR count). The van der Waals surface area contributed by atoms with Crippen LogP contribution in [0.15, 0.2) is 42.5 Å². The van der Waals surface area contributed by atoms with E-state index in [4.69, 9.17) is 4.74 Å². The van der Waals surface area contributed by atoms with Gasteiger partial charge < -0.3 is 4.74 Å². The Bertz CT molecular complexity index is 732. The van der Waals surface area contributed by atoms with E-state index in [9.17, 15) is 9.59 Å². The number of hydrazine groups is 1. The third kappa shape index (κ3) is 4.95. The van der Waals surface area contributed by atoms with Gasteiger partial charge >= 0.3 is 0 Å². The molecule has 0 radical (unpaired) electrons. The van der Waals surface area contributed by atoms with Gasteiger partial charge in [0, 0.05) is 3.57 Å². The fraction of sp³-hybridized carbons (Fsp3) is 0.176. The van der Waals surface area contributed by atoms with E-state index in [1.807, 2.05) is 38.1 Å². The van der Waals surface area contributed by atoms with Crippen LogP contribution in [0.4, 0.5) is 0 Å². The zero-order valence-corrected chi connectivity index (χ0v) is 15.0. The van der Waals surface area contributed by atoms with Crippen molar-refractivity contribution in [2.75, 3.05) is 6.61 Å². The van der Waals surface area contributed by atoms with E-state index in [0.29, 0.717) is 11.3 Å². The number of nitrogens with one attached hydrogen (secondary N) is 2. The zero-order valence-electron chi connectivity index (χ0n) is 12.9. The topological polar surface area (TPSA) is 67.4 Å². The number of benzene rings is 2. The molecule has 0 saturated carbocycles. The third-order valence-electron chi connectivity index (χ3n) is 3.11. The van der Waals surface area contributed by atoms with Crippen molar-refractivity contribution in [1.29, 1.82) is 0 Å². The van der Waals surface area contributed by atoms with Crippen LogP contribution in [0, 0.1) is 17.4 Å². The van der Waals surface area contributed by atoms with E-state index in [-0.39, 0.29) is 12.5 Å². The Kier molecular flexibility index (Phi) is 5.97. The summed E-state index contributed by atoms with van der Waals surface area (Å²) in [6.07, 6.45) is 0. The number of carbonyl (C=O) groups is 2. The SMILES string of the molecule is Cc1cccc(OCC(=O)NNC(=O)c2cccc(C)c2I)c1. The Hall–Kier alpha value is -2.09. The summed E-state index contributed by atoms with van der Waals surface area (Å²) < 4.78 is 6.22. The number of rotatable bonds is 4. The molecule has 0 aliphatic carbocycles. The summed E-state index contributed by atoms with van der Waals surface area (Å²) in [5.74, 6) is -0.177. The summed E-state index contributed by atoms with van der Waals surface area (Å²) in [5.41, 5.74) is 7.31. The highest BCUT2D eigenvalue weighted by atomic mass is 127. The smallest absolute Gasteiger partial charge is 0.276 e. The van der Waals surface area contributed by atoms with Gasteiger partial charge in [-0.25, -0.2) is 0 Å². The molecule has 5 nitrogen and oxygen atoms in total. The Morgan fingerprint density at radius 2 is 1.83 bits per heavy atom. The summed E-state index contributed by atoms with van der Waals surface area (Å²) in [7, 11) is 0. The molecular formula is C17H17IN2O3. The normalized spacial score (nSPS) is 10.0. The number of carbonyl (C=O) groups excluding carboxylic acids is 2. The molecular weight excluding hydrogens is 407 g/mol. The lowest BCUT2D eigenvalue weighted by Gasteiger charge is -2.10. The molecule has 120 valence electrons. The first kappa shape index (κ1) is 17.3. The highest BCUT2D eigenvalue weighted by Gasteiger charge is 2.12. The lowest BCUT2D eigenvalue weighted by atomic mass is 10.1. The van der Waals surface area contributed by atoms with Gasteiger partial charge in [-0.1, -0.05) is 24.3 Å². The first-order valence-corrected chi connectivity index (χ1v) is 8.09. The van der Waals surface area contributed by atoms with Crippen LogP contribution in [0.3, 0.4) is 0 Å². The Balaban J connectivity index is 1.84. The maximum atomic E-state index is 12.1. The number of ether oxygens (including phenoxy) is 1. The van der Waals surface area contributed by atoms with Crippen molar-refractivity contribution in [3.05, 3.63) is 62.7 Å². The molecule has 0 saturated heterocycles. The molecule has 6 heteroatoms. The molecule has 0 spiro atoms. The first-order chi connectivity index (χ1) is 11.0. The molecule has 0 aliphatic heterocycles. The van der Waals surface area contributed by atoms with Gasteiger partial charge in [0.2, 0.25) is 0 Å². The lowest BCUT2D eigenvalue weighted by molar-refractivity contribution is -0.123. The largest absolute Gasteiger partial charge is 0.484 e. The maximum Gasteiger partial charge on any atom is 0.276 e. The van der Waals surface area contributed by atoms with E-state index in [1.54, 1.807) is 18.2 Å². The van der Waals surface area contributed by atoms with Crippen LogP contribution < -0.4 is 15.6 Å². The van der Waals surface area contributed by atoms with E-state index in [0.717, 1.165) is 14.7 Å². The monoisotopic (exact) mass is 424 g/mol. The second-order valence-corrected chi connectivity index (χ2v) is 6.12. The minimum Gasteiger partial charge on any atom is -0.484 e. The molecule has 23 heavy (non-hydrogen) atoms. The van der Waals surface area contributed by atoms with Crippen molar-refractivity contribution in [2.45, 2.75) is 13.8 Å². The fourth-order valence-corrected chi connectivity index (χ4v) is 2.51. The average Bonchev–Trinajstić information content (AvgIpc) is 2.53. The van der Waals surface area contributed by atoms with Gasteiger partial charge in [0.15, 0.2) is 6.61 Å². The van der Waals surface area contributed by atoms with Crippen LogP contribution >= 0.6 is 22.6 Å². The van der Waals surface area contributed by atoms with Crippen molar-refractivity contribution in [3.63, 3.8) is 0 Å². The number of halogens is 1. The Labute approximate surface area is 148 Å². The van der Waals surface area contributed by atoms with Gasteiger partial charge in [0.05, 0.1) is 5.56 Å². The van der Waals surface area contributed by atoms with E-state index < -0.39 is 5.91 Å². The Morgan fingerprint density at radius 3 is 2.57 bits per heavy atom. The summed E-state index contributed by atoms with van der Waals surface area (Å²) in [4.78, 5) is 23.8. The summed E-state index contributed by atoms with van der Waals surface area (Å²) in [6.45, 7) is 3.69.